The topological polar surface area (TPSA) is 37.3 Å². The van der Waals surface area contributed by atoms with Crippen LogP contribution in [-0.2, 0) is 4.79 Å². The Kier molecular flexibility index (Phi) is 9.78. The molecule has 0 aromatic rings. The molecule has 0 amide bonds. The van der Waals surface area contributed by atoms with Gasteiger partial charge in [0.25, 0.3) is 0 Å². The van der Waals surface area contributed by atoms with Gasteiger partial charge in [-0.15, -0.1) is 6.58 Å². The van der Waals surface area contributed by atoms with E-state index in [4.69, 9.17) is 5.11 Å². The predicted molar refractivity (Wildman–Crippen MR) is 68.5 cm³/mol. The molecule has 92 valence electrons. The maximum absolute atomic E-state index is 10.5. The fourth-order valence-electron chi connectivity index (χ4n) is 1.59. The molecule has 0 aliphatic heterocycles. The van der Waals surface area contributed by atoms with Crippen molar-refractivity contribution in [3.8, 4) is 0 Å². The molecule has 0 aromatic heterocycles. The second-order valence-corrected chi connectivity index (χ2v) is 4.13. The summed E-state index contributed by atoms with van der Waals surface area (Å²) in [6, 6.07) is 0. The number of carboxylic acid groups (broad SMARTS) is 1. The van der Waals surface area contributed by atoms with Gasteiger partial charge in [0.15, 0.2) is 0 Å². The number of unbranched alkanes of at least 4 members (excludes halogenated alkanes) is 2. The van der Waals surface area contributed by atoms with Crippen LogP contribution >= 0.6 is 0 Å². The average Bonchev–Trinajstić information content (AvgIpc) is 2.26. The Morgan fingerprint density at radius 1 is 1.38 bits per heavy atom. The van der Waals surface area contributed by atoms with E-state index in [1.807, 2.05) is 6.08 Å². The molecule has 0 aliphatic rings. The lowest BCUT2D eigenvalue weighted by atomic mass is 9.96. The Hall–Kier alpha value is -1.05. The molecule has 1 N–H and O–H groups in total. The first kappa shape index (κ1) is 14.9. The molecule has 1 atom stereocenters. The zero-order valence-corrected chi connectivity index (χ0v) is 10.3. The van der Waals surface area contributed by atoms with Gasteiger partial charge < -0.3 is 5.11 Å². The zero-order valence-electron chi connectivity index (χ0n) is 10.3. The van der Waals surface area contributed by atoms with E-state index in [0.717, 1.165) is 25.7 Å². The van der Waals surface area contributed by atoms with Gasteiger partial charge in [-0.2, -0.15) is 0 Å². The Morgan fingerprint density at radius 3 is 2.69 bits per heavy atom. The first-order valence-corrected chi connectivity index (χ1v) is 6.20. The minimum atomic E-state index is -0.703. The van der Waals surface area contributed by atoms with Gasteiger partial charge in [0, 0.05) is 6.42 Å². The largest absolute Gasteiger partial charge is 0.481 e. The Bertz CT molecular complexity index is 219. The average molecular weight is 224 g/mol. The van der Waals surface area contributed by atoms with Crippen molar-refractivity contribution in [3.05, 3.63) is 24.8 Å². The third-order valence-corrected chi connectivity index (χ3v) is 2.60. The Labute approximate surface area is 99.1 Å². The van der Waals surface area contributed by atoms with E-state index in [0.29, 0.717) is 5.92 Å². The number of rotatable bonds is 10. The highest BCUT2D eigenvalue weighted by atomic mass is 16.4. The standard InChI is InChI=1S/C14H24O2/c1-3-5-7-8-10-13(9-6-4-2)11-12-14(15)16/h4,8,10,13H,2-3,5-7,9,11-12H2,1H3,(H,15,16)/b10-8-. The summed E-state index contributed by atoms with van der Waals surface area (Å²) in [6.07, 6.45) is 12.8. The summed E-state index contributed by atoms with van der Waals surface area (Å²) < 4.78 is 0. The van der Waals surface area contributed by atoms with E-state index in [-0.39, 0.29) is 6.42 Å². The van der Waals surface area contributed by atoms with Gasteiger partial charge in [0.1, 0.15) is 0 Å². The lowest BCUT2D eigenvalue weighted by molar-refractivity contribution is -0.137. The molecule has 0 fully saturated rings. The van der Waals surface area contributed by atoms with Crippen molar-refractivity contribution < 1.29 is 9.90 Å². The zero-order chi connectivity index (χ0) is 12.2. The van der Waals surface area contributed by atoms with E-state index in [9.17, 15) is 4.79 Å². The van der Waals surface area contributed by atoms with Crippen LogP contribution in [0.15, 0.2) is 24.8 Å². The molecule has 0 saturated carbocycles. The quantitative estimate of drug-likeness (QED) is 0.446. The second-order valence-electron chi connectivity index (χ2n) is 4.13. The molecule has 0 radical (unpaired) electrons. The van der Waals surface area contributed by atoms with Crippen LogP contribution in [0.5, 0.6) is 0 Å². The lowest BCUT2D eigenvalue weighted by Gasteiger charge is -2.09. The minimum Gasteiger partial charge on any atom is -0.481 e. The molecule has 0 spiro atoms. The van der Waals surface area contributed by atoms with Crippen molar-refractivity contribution in [2.45, 2.75) is 51.9 Å². The number of aliphatic carboxylic acids is 1. The van der Waals surface area contributed by atoms with Crippen LogP contribution in [0.2, 0.25) is 0 Å². The summed E-state index contributed by atoms with van der Waals surface area (Å²) in [5, 5.41) is 8.65. The molecule has 2 nitrogen and oxygen atoms in total. The van der Waals surface area contributed by atoms with Gasteiger partial charge in [-0.05, 0) is 31.6 Å². The van der Waals surface area contributed by atoms with E-state index in [1.165, 1.54) is 12.8 Å². The van der Waals surface area contributed by atoms with Crippen molar-refractivity contribution in [2.24, 2.45) is 5.92 Å². The number of carboxylic acids is 1. The number of hydrogen-bond donors (Lipinski definition) is 1. The summed E-state index contributed by atoms with van der Waals surface area (Å²) in [5.41, 5.74) is 0. The molecule has 0 aromatic carbocycles. The molecule has 0 bridgehead atoms. The van der Waals surface area contributed by atoms with Crippen molar-refractivity contribution in [1.29, 1.82) is 0 Å². The van der Waals surface area contributed by atoms with E-state index in [2.05, 4.69) is 25.7 Å². The maximum Gasteiger partial charge on any atom is 0.303 e. The van der Waals surface area contributed by atoms with Crippen LogP contribution in [-0.4, -0.2) is 11.1 Å². The second kappa shape index (κ2) is 10.5. The molecule has 16 heavy (non-hydrogen) atoms. The van der Waals surface area contributed by atoms with Crippen molar-refractivity contribution >= 4 is 5.97 Å². The van der Waals surface area contributed by atoms with Gasteiger partial charge in [0.05, 0.1) is 0 Å². The van der Waals surface area contributed by atoms with Crippen molar-refractivity contribution in [3.63, 3.8) is 0 Å². The van der Waals surface area contributed by atoms with E-state index >= 15 is 0 Å². The molecule has 0 saturated heterocycles. The molecular formula is C14H24O2. The van der Waals surface area contributed by atoms with E-state index < -0.39 is 5.97 Å². The smallest absolute Gasteiger partial charge is 0.303 e. The Balaban J connectivity index is 3.92. The molecule has 0 aliphatic carbocycles. The fourth-order valence-corrected chi connectivity index (χ4v) is 1.59. The molecular weight excluding hydrogens is 200 g/mol. The van der Waals surface area contributed by atoms with Crippen molar-refractivity contribution in [2.75, 3.05) is 0 Å². The monoisotopic (exact) mass is 224 g/mol. The number of allylic oxidation sites excluding steroid dienone is 3. The van der Waals surface area contributed by atoms with Crippen LogP contribution in [0.1, 0.15) is 51.9 Å². The minimum absolute atomic E-state index is 0.264. The summed E-state index contributed by atoms with van der Waals surface area (Å²) in [5.74, 6) is -0.309. The van der Waals surface area contributed by atoms with Gasteiger partial charge in [0.2, 0.25) is 0 Å². The summed E-state index contributed by atoms with van der Waals surface area (Å²) in [4.78, 5) is 10.5. The van der Waals surface area contributed by atoms with Crippen LogP contribution in [0.4, 0.5) is 0 Å². The fraction of sp³-hybridized carbons (Fsp3) is 0.643. The SMILES string of the molecule is C=CCCC(/C=C\CCCC)CCC(=O)O. The normalized spacial score (nSPS) is 12.8. The summed E-state index contributed by atoms with van der Waals surface area (Å²) in [6.45, 7) is 5.87. The highest BCUT2D eigenvalue weighted by Gasteiger charge is 2.06. The predicted octanol–water partition coefficient (Wildman–Crippen LogP) is 4.18. The van der Waals surface area contributed by atoms with Gasteiger partial charge in [-0.25, -0.2) is 0 Å². The van der Waals surface area contributed by atoms with Gasteiger partial charge in [-0.1, -0.05) is 38.0 Å². The summed E-state index contributed by atoms with van der Waals surface area (Å²) >= 11 is 0. The Morgan fingerprint density at radius 2 is 2.12 bits per heavy atom. The lowest BCUT2D eigenvalue weighted by Crippen LogP contribution is -2.02. The number of hydrogen-bond acceptors (Lipinski definition) is 1. The van der Waals surface area contributed by atoms with Crippen LogP contribution in [0.25, 0.3) is 0 Å². The molecule has 1 unspecified atom stereocenters. The van der Waals surface area contributed by atoms with E-state index in [1.54, 1.807) is 0 Å². The van der Waals surface area contributed by atoms with Crippen LogP contribution in [0, 0.1) is 5.92 Å². The van der Waals surface area contributed by atoms with Crippen molar-refractivity contribution in [1.82, 2.24) is 0 Å². The molecule has 2 heteroatoms. The first-order valence-electron chi connectivity index (χ1n) is 6.20. The molecule has 0 heterocycles. The number of carbonyl (C=O) groups is 1. The third-order valence-electron chi connectivity index (χ3n) is 2.60. The third kappa shape index (κ3) is 9.50. The highest BCUT2D eigenvalue weighted by Crippen LogP contribution is 2.16. The molecule has 0 rings (SSSR count). The first-order chi connectivity index (χ1) is 7.70. The van der Waals surface area contributed by atoms with Gasteiger partial charge in [-0.3, -0.25) is 4.79 Å². The van der Waals surface area contributed by atoms with Gasteiger partial charge >= 0.3 is 5.97 Å². The maximum atomic E-state index is 10.5. The highest BCUT2D eigenvalue weighted by molar-refractivity contribution is 5.66. The van der Waals surface area contributed by atoms with Crippen LogP contribution < -0.4 is 0 Å². The van der Waals surface area contributed by atoms with Crippen LogP contribution in [0.3, 0.4) is 0 Å². The summed E-state index contributed by atoms with van der Waals surface area (Å²) in [7, 11) is 0.